The molecule has 2 aliphatic rings. The van der Waals surface area contributed by atoms with Gasteiger partial charge in [-0.25, -0.2) is 29.7 Å². The van der Waals surface area contributed by atoms with Crippen molar-refractivity contribution in [3.05, 3.63) is 84.0 Å². The highest BCUT2D eigenvalue weighted by molar-refractivity contribution is 6.42. The number of carbonyl (C=O) groups excluding carboxylic acids is 4. The van der Waals surface area contributed by atoms with E-state index in [0.717, 1.165) is 9.80 Å². The zero-order chi connectivity index (χ0) is 22.0. The monoisotopic (exact) mass is 422 g/mol. The van der Waals surface area contributed by atoms with Crippen LogP contribution in [0.3, 0.4) is 0 Å². The molecule has 10 nitrogen and oxygen atoms in total. The lowest BCUT2D eigenvalue weighted by Crippen LogP contribution is -2.43. The molecule has 2 aromatic heterocycles. The first-order valence-corrected chi connectivity index (χ1v) is 9.45. The molecule has 0 spiro atoms. The quantitative estimate of drug-likeness (QED) is 0.449. The van der Waals surface area contributed by atoms with E-state index in [9.17, 15) is 19.2 Å². The van der Waals surface area contributed by atoms with Crippen LogP contribution in [-0.2, 0) is 0 Å². The second-order valence-corrected chi connectivity index (χ2v) is 7.16. The first kappa shape index (κ1) is 18.0. The Morgan fingerprint density at radius 1 is 0.469 bits per heavy atom. The largest absolute Gasteiger partial charge is 0.268 e. The van der Waals surface area contributed by atoms with Gasteiger partial charge >= 0.3 is 0 Å². The summed E-state index contributed by atoms with van der Waals surface area (Å²) in [5.74, 6) is -2.33. The second kappa shape index (κ2) is 6.32. The van der Waals surface area contributed by atoms with Crippen molar-refractivity contribution in [2.75, 3.05) is 9.80 Å². The van der Waals surface area contributed by atoms with Gasteiger partial charge in [0.05, 0.1) is 36.2 Å². The Morgan fingerprint density at radius 3 is 1.03 bits per heavy atom. The zero-order valence-corrected chi connectivity index (χ0v) is 16.1. The van der Waals surface area contributed by atoms with Crippen molar-refractivity contribution in [3.8, 4) is 0 Å². The topological polar surface area (TPSA) is 126 Å². The maximum atomic E-state index is 13.2. The molecule has 4 heterocycles. The van der Waals surface area contributed by atoms with Gasteiger partial charge in [-0.3, -0.25) is 19.2 Å². The maximum Gasteiger partial charge on any atom is 0.266 e. The number of benzene rings is 2. The van der Waals surface area contributed by atoms with Crippen LogP contribution in [0.15, 0.2) is 61.7 Å². The predicted octanol–water partition coefficient (Wildman–Crippen LogP) is 2.02. The second-order valence-electron chi connectivity index (χ2n) is 7.16. The van der Waals surface area contributed by atoms with Gasteiger partial charge in [-0.05, 0) is 24.3 Å². The Bertz CT molecular complexity index is 1320. The molecule has 0 saturated heterocycles. The number of imide groups is 2. The fourth-order valence-electron chi connectivity index (χ4n) is 4.16. The average Bonchev–Trinajstić information content (AvgIpc) is 2.83. The van der Waals surface area contributed by atoms with Gasteiger partial charge in [0, 0.05) is 33.0 Å². The molecule has 10 heteroatoms. The fraction of sp³-hybridized carbons (Fsp3) is 0. The Hall–Kier alpha value is -4.86. The molecule has 0 saturated carbocycles. The minimum absolute atomic E-state index is 0.209. The normalized spacial score (nSPS) is 15.0. The summed E-state index contributed by atoms with van der Waals surface area (Å²) in [6.07, 6.45) is 8.05. The smallest absolute Gasteiger partial charge is 0.266 e. The summed E-state index contributed by atoms with van der Waals surface area (Å²) in [7, 11) is 0. The van der Waals surface area contributed by atoms with Crippen LogP contribution in [0.25, 0.3) is 10.8 Å². The minimum Gasteiger partial charge on any atom is -0.268 e. The Kier molecular flexibility index (Phi) is 3.54. The van der Waals surface area contributed by atoms with Crippen LogP contribution in [0, 0.1) is 0 Å². The van der Waals surface area contributed by atoms with E-state index in [4.69, 9.17) is 0 Å². The highest BCUT2D eigenvalue weighted by atomic mass is 16.2. The van der Waals surface area contributed by atoms with Crippen molar-refractivity contribution in [1.29, 1.82) is 0 Å². The summed E-state index contributed by atoms with van der Waals surface area (Å²) >= 11 is 0. The molecule has 4 amide bonds. The summed E-state index contributed by atoms with van der Waals surface area (Å²) in [5.41, 5.74) is 1.29. The maximum absolute atomic E-state index is 13.2. The number of nitrogens with zero attached hydrogens (tertiary/aromatic N) is 6. The van der Waals surface area contributed by atoms with E-state index < -0.39 is 23.6 Å². The average molecular weight is 422 g/mol. The molecular formula is C22H10N6O4. The Balaban J connectivity index is 1.59. The van der Waals surface area contributed by atoms with E-state index in [1.165, 1.54) is 61.7 Å². The minimum atomic E-state index is -0.584. The van der Waals surface area contributed by atoms with E-state index >= 15 is 0 Å². The molecule has 6 rings (SSSR count). The van der Waals surface area contributed by atoms with Crippen molar-refractivity contribution in [3.63, 3.8) is 0 Å². The molecule has 32 heavy (non-hydrogen) atoms. The summed E-state index contributed by atoms with van der Waals surface area (Å²) in [6, 6.07) is 5.96. The summed E-state index contributed by atoms with van der Waals surface area (Å²) < 4.78 is 0. The molecule has 0 radical (unpaired) electrons. The third-order valence-corrected chi connectivity index (χ3v) is 5.50. The molecule has 2 aromatic carbocycles. The van der Waals surface area contributed by atoms with Crippen molar-refractivity contribution < 1.29 is 19.2 Å². The molecule has 0 aliphatic carbocycles. The number of amides is 4. The number of carbonyl (C=O) groups is 4. The van der Waals surface area contributed by atoms with Gasteiger partial charge < -0.3 is 0 Å². The lowest BCUT2D eigenvalue weighted by molar-refractivity contribution is 0.0873. The number of aromatic nitrogens is 4. The van der Waals surface area contributed by atoms with Crippen LogP contribution >= 0.6 is 0 Å². The van der Waals surface area contributed by atoms with Gasteiger partial charge in [-0.1, -0.05) is 0 Å². The summed E-state index contributed by atoms with van der Waals surface area (Å²) in [5, 5.41) is 0.572. The molecule has 0 unspecified atom stereocenters. The molecule has 152 valence electrons. The highest BCUT2D eigenvalue weighted by Crippen LogP contribution is 2.39. The third-order valence-electron chi connectivity index (χ3n) is 5.50. The van der Waals surface area contributed by atoms with Gasteiger partial charge in [0.15, 0.2) is 0 Å². The lowest BCUT2D eigenvalue weighted by Gasteiger charge is -2.31. The van der Waals surface area contributed by atoms with E-state index in [1.807, 2.05) is 0 Å². The van der Waals surface area contributed by atoms with Crippen molar-refractivity contribution >= 4 is 45.8 Å². The number of hydrogen-bond donors (Lipinski definition) is 0. The van der Waals surface area contributed by atoms with Gasteiger partial charge in [0.2, 0.25) is 0 Å². The Labute approximate surface area is 179 Å². The first-order chi connectivity index (χ1) is 15.6. The van der Waals surface area contributed by atoms with Gasteiger partial charge in [-0.2, -0.15) is 0 Å². The van der Waals surface area contributed by atoms with E-state index in [0.29, 0.717) is 0 Å². The molecule has 0 fully saturated rings. The standard InChI is InChI=1S/C22H10N6O4/c29-19-13-1-2-14-18-16(22(32)28(20(14)30)12-7-25-10-26-8-12)4-3-15(17(13)18)21(31)27(19)11-5-23-9-24-6-11/h1-10H. The fourth-order valence-corrected chi connectivity index (χ4v) is 4.16. The Morgan fingerprint density at radius 2 is 0.750 bits per heavy atom. The molecule has 4 aromatic rings. The summed E-state index contributed by atoms with van der Waals surface area (Å²) in [4.78, 5) is 70.5. The van der Waals surface area contributed by atoms with Crippen molar-refractivity contribution in [1.82, 2.24) is 19.9 Å². The van der Waals surface area contributed by atoms with Gasteiger partial charge in [0.1, 0.15) is 12.7 Å². The molecule has 0 bridgehead atoms. The third kappa shape index (κ3) is 2.23. The molecular weight excluding hydrogens is 412 g/mol. The van der Waals surface area contributed by atoms with Gasteiger partial charge in [-0.15, -0.1) is 0 Å². The van der Waals surface area contributed by atoms with E-state index in [2.05, 4.69) is 19.9 Å². The molecule has 0 atom stereocenters. The van der Waals surface area contributed by atoms with E-state index in [1.54, 1.807) is 0 Å². The first-order valence-electron chi connectivity index (χ1n) is 9.45. The number of hydrogen-bond acceptors (Lipinski definition) is 8. The molecule has 2 aliphatic heterocycles. The van der Waals surface area contributed by atoms with Crippen LogP contribution in [0.5, 0.6) is 0 Å². The van der Waals surface area contributed by atoms with Crippen LogP contribution in [0.4, 0.5) is 11.4 Å². The van der Waals surface area contributed by atoms with Crippen molar-refractivity contribution in [2.45, 2.75) is 0 Å². The van der Waals surface area contributed by atoms with Crippen LogP contribution in [-0.4, -0.2) is 43.6 Å². The summed E-state index contributed by atoms with van der Waals surface area (Å²) in [6.45, 7) is 0. The predicted molar refractivity (Wildman–Crippen MR) is 110 cm³/mol. The highest BCUT2D eigenvalue weighted by Gasteiger charge is 2.40. The lowest BCUT2D eigenvalue weighted by atomic mass is 9.86. The van der Waals surface area contributed by atoms with Crippen LogP contribution < -0.4 is 9.80 Å². The van der Waals surface area contributed by atoms with Gasteiger partial charge in [0.25, 0.3) is 23.6 Å². The van der Waals surface area contributed by atoms with Crippen LogP contribution in [0.2, 0.25) is 0 Å². The van der Waals surface area contributed by atoms with Crippen LogP contribution in [0.1, 0.15) is 41.4 Å². The molecule has 0 N–H and O–H groups in total. The number of anilines is 2. The SMILES string of the molecule is O=C1c2ccc3c4c(ccc(c24)C(=O)N1c1cncnc1)C(=O)N(c1cncnc1)C3=O. The van der Waals surface area contributed by atoms with E-state index in [-0.39, 0.29) is 44.4 Å². The number of rotatable bonds is 2. The van der Waals surface area contributed by atoms with Crippen molar-refractivity contribution in [2.24, 2.45) is 0 Å². The zero-order valence-electron chi connectivity index (χ0n) is 16.1.